The van der Waals surface area contributed by atoms with Crippen molar-refractivity contribution in [2.75, 3.05) is 6.61 Å². The maximum atomic E-state index is 12.8. The van der Waals surface area contributed by atoms with Gasteiger partial charge in [-0.05, 0) is 64.0 Å². The number of carbonyl (C=O) groups is 2. The average molecular weight is 482 g/mol. The van der Waals surface area contributed by atoms with E-state index in [1.165, 1.54) is 11.1 Å². The number of carbonyl (C=O) groups excluding carboxylic acids is 1. The molecular weight excluding hydrogens is 450 g/mol. The highest BCUT2D eigenvalue weighted by Crippen LogP contribution is 2.75. The Balaban J connectivity index is 1.12. The zero-order valence-electron chi connectivity index (χ0n) is 20.7. The standard InChI is InChI=1S/C31H31NO4/c1-19(2)20-8-7-9-21(14-20)30-16-31(17-30,18-30)27(28(33)34)32-29(35)36-15-26-24-12-5-3-10-22(24)23-11-4-6-13-25(23)26/h3-14,19,26-27H,15-18H2,1-2H3,(H,32,35)(H,33,34). The molecule has 0 spiro atoms. The van der Waals surface area contributed by atoms with E-state index in [1.54, 1.807) is 0 Å². The maximum Gasteiger partial charge on any atom is 0.407 e. The van der Waals surface area contributed by atoms with Gasteiger partial charge in [0.2, 0.25) is 0 Å². The van der Waals surface area contributed by atoms with Gasteiger partial charge < -0.3 is 15.2 Å². The van der Waals surface area contributed by atoms with E-state index in [4.69, 9.17) is 4.74 Å². The number of aliphatic carboxylic acids is 1. The second-order valence-corrected chi connectivity index (χ2v) is 11.2. The Labute approximate surface area is 211 Å². The molecule has 7 rings (SSSR count). The van der Waals surface area contributed by atoms with Gasteiger partial charge in [0, 0.05) is 11.3 Å². The fourth-order valence-corrected chi connectivity index (χ4v) is 6.94. The minimum absolute atomic E-state index is 0.0431. The molecule has 184 valence electrons. The molecule has 0 saturated heterocycles. The molecule has 4 aliphatic rings. The van der Waals surface area contributed by atoms with E-state index in [9.17, 15) is 14.7 Å². The quantitative estimate of drug-likeness (QED) is 0.420. The van der Waals surface area contributed by atoms with Crippen LogP contribution in [0.2, 0.25) is 0 Å². The molecule has 2 N–H and O–H groups in total. The summed E-state index contributed by atoms with van der Waals surface area (Å²) >= 11 is 0. The number of hydrogen-bond acceptors (Lipinski definition) is 3. The lowest BCUT2D eigenvalue weighted by Gasteiger charge is -2.72. The van der Waals surface area contributed by atoms with E-state index < -0.39 is 23.5 Å². The van der Waals surface area contributed by atoms with Crippen LogP contribution in [0, 0.1) is 5.41 Å². The van der Waals surface area contributed by atoms with Crippen LogP contribution in [-0.2, 0) is 14.9 Å². The maximum absolute atomic E-state index is 12.8. The van der Waals surface area contributed by atoms with Crippen LogP contribution in [0.1, 0.15) is 67.2 Å². The van der Waals surface area contributed by atoms with Gasteiger partial charge in [-0.25, -0.2) is 9.59 Å². The molecule has 36 heavy (non-hydrogen) atoms. The third-order valence-electron chi connectivity index (χ3n) is 8.70. The van der Waals surface area contributed by atoms with Crippen molar-refractivity contribution in [2.24, 2.45) is 5.41 Å². The summed E-state index contributed by atoms with van der Waals surface area (Å²) in [6.45, 7) is 4.54. The van der Waals surface area contributed by atoms with E-state index in [2.05, 4.69) is 67.7 Å². The van der Waals surface area contributed by atoms with Crippen molar-refractivity contribution in [1.82, 2.24) is 5.32 Å². The smallest absolute Gasteiger partial charge is 0.407 e. The molecule has 0 aromatic heterocycles. The molecule has 0 heterocycles. The van der Waals surface area contributed by atoms with Crippen LogP contribution in [-0.4, -0.2) is 29.8 Å². The molecule has 1 unspecified atom stereocenters. The predicted molar refractivity (Wildman–Crippen MR) is 138 cm³/mol. The van der Waals surface area contributed by atoms with Gasteiger partial charge in [-0.2, -0.15) is 0 Å². The summed E-state index contributed by atoms with van der Waals surface area (Å²) < 4.78 is 5.64. The lowest BCUT2D eigenvalue weighted by molar-refractivity contribution is -0.183. The third-order valence-corrected chi connectivity index (χ3v) is 8.70. The number of fused-ring (bicyclic) bond motifs is 3. The second-order valence-electron chi connectivity index (χ2n) is 11.2. The van der Waals surface area contributed by atoms with Crippen LogP contribution in [0.5, 0.6) is 0 Å². The van der Waals surface area contributed by atoms with Crippen molar-refractivity contribution in [2.45, 2.75) is 56.4 Å². The van der Waals surface area contributed by atoms with Crippen LogP contribution in [0.15, 0.2) is 72.8 Å². The van der Waals surface area contributed by atoms with Crippen LogP contribution < -0.4 is 5.32 Å². The number of hydrogen-bond donors (Lipinski definition) is 2. The average Bonchev–Trinajstić information content (AvgIpc) is 3.14. The summed E-state index contributed by atoms with van der Waals surface area (Å²) in [7, 11) is 0. The topological polar surface area (TPSA) is 75.6 Å². The van der Waals surface area contributed by atoms with Gasteiger partial charge in [0.05, 0.1) is 0 Å². The first-order valence-electron chi connectivity index (χ1n) is 12.8. The molecule has 5 nitrogen and oxygen atoms in total. The summed E-state index contributed by atoms with van der Waals surface area (Å²) in [5.74, 6) is -0.598. The lowest BCUT2D eigenvalue weighted by Crippen LogP contribution is -2.73. The van der Waals surface area contributed by atoms with Crippen molar-refractivity contribution in [1.29, 1.82) is 0 Å². The minimum atomic E-state index is -0.993. The number of rotatable bonds is 7. The minimum Gasteiger partial charge on any atom is -0.480 e. The van der Waals surface area contributed by atoms with E-state index in [0.29, 0.717) is 5.92 Å². The van der Waals surface area contributed by atoms with Gasteiger partial charge in [0.25, 0.3) is 0 Å². The number of benzene rings is 3. The SMILES string of the molecule is CC(C)c1cccc(C23CC(C(NC(=O)OCC4c5ccccc5-c5ccccc54)C(=O)O)(C2)C3)c1. The van der Waals surface area contributed by atoms with Crippen molar-refractivity contribution < 1.29 is 19.4 Å². The number of ether oxygens (including phenoxy) is 1. The summed E-state index contributed by atoms with van der Waals surface area (Å²) in [5.41, 5.74) is 6.82. The van der Waals surface area contributed by atoms with Gasteiger partial charge in [0.1, 0.15) is 12.6 Å². The normalized spacial score (nSPS) is 24.2. The molecule has 1 atom stereocenters. The molecule has 2 bridgehead atoms. The molecule has 0 aliphatic heterocycles. The molecule has 3 aromatic carbocycles. The Morgan fingerprint density at radius 1 is 0.944 bits per heavy atom. The van der Waals surface area contributed by atoms with Gasteiger partial charge >= 0.3 is 12.1 Å². The first kappa shape index (κ1) is 22.8. The van der Waals surface area contributed by atoms with E-state index in [-0.39, 0.29) is 17.9 Å². The number of nitrogens with one attached hydrogen (secondary N) is 1. The molecule has 5 heteroatoms. The Hall–Kier alpha value is -3.60. The Kier molecular flexibility index (Phi) is 5.22. The zero-order chi connectivity index (χ0) is 25.1. The molecule has 3 saturated carbocycles. The van der Waals surface area contributed by atoms with Gasteiger partial charge in [-0.1, -0.05) is 86.6 Å². The van der Waals surface area contributed by atoms with Crippen LogP contribution in [0.4, 0.5) is 4.79 Å². The molecule has 1 amide bonds. The van der Waals surface area contributed by atoms with Crippen molar-refractivity contribution in [3.05, 3.63) is 95.1 Å². The number of carboxylic acid groups (broad SMARTS) is 1. The summed E-state index contributed by atoms with van der Waals surface area (Å²) in [4.78, 5) is 25.0. The molecule has 4 aliphatic carbocycles. The highest BCUT2D eigenvalue weighted by Gasteiger charge is 2.72. The van der Waals surface area contributed by atoms with E-state index >= 15 is 0 Å². The van der Waals surface area contributed by atoms with Crippen molar-refractivity contribution in [3.63, 3.8) is 0 Å². The number of alkyl carbamates (subject to hydrolysis) is 1. The molecule has 3 aromatic rings. The third kappa shape index (κ3) is 3.44. The van der Waals surface area contributed by atoms with Crippen LogP contribution in [0.25, 0.3) is 11.1 Å². The largest absolute Gasteiger partial charge is 0.480 e. The van der Waals surface area contributed by atoms with Gasteiger partial charge in [-0.3, -0.25) is 0 Å². The highest BCUT2D eigenvalue weighted by molar-refractivity contribution is 5.82. The highest BCUT2D eigenvalue weighted by atomic mass is 16.5. The van der Waals surface area contributed by atoms with Gasteiger partial charge in [0.15, 0.2) is 0 Å². The summed E-state index contributed by atoms with van der Waals surface area (Å²) in [6, 6.07) is 24.0. The summed E-state index contributed by atoms with van der Waals surface area (Å²) in [6.07, 6.45) is 1.68. The molecule has 0 radical (unpaired) electrons. The predicted octanol–water partition coefficient (Wildman–Crippen LogP) is 6.22. The number of amides is 1. The monoisotopic (exact) mass is 481 g/mol. The Bertz CT molecular complexity index is 1290. The number of carboxylic acids is 1. The molecular formula is C31H31NO4. The first-order chi connectivity index (χ1) is 17.3. The Morgan fingerprint density at radius 3 is 2.14 bits per heavy atom. The Morgan fingerprint density at radius 2 is 1.56 bits per heavy atom. The fraction of sp³-hybridized carbons (Fsp3) is 0.355. The van der Waals surface area contributed by atoms with Crippen molar-refractivity contribution in [3.8, 4) is 11.1 Å². The van der Waals surface area contributed by atoms with E-state index in [0.717, 1.165) is 41.5 Å². The fourth-order valence-electron chi connectivity index (χ4n) is 6.94. The van der Waals surface area contributed by atoms with Gasteiger partial charge in [-0.15, -0.1) is 0 Å². The van der Waals surface area contributed by atoms with Crippen LogP contribution >= 0.6 is 0 Å². The van der Waals surface area contributed by atoms with Crippen molar-refractivity contribution >= 4 is 12.1 Å². The second kappa shape index (κ2) is 8.22. The lowest BCUT2D eigenvalue weighted by atomic mass is 9.31. The first-order valence-corrected chi connectivity index (χ1v) is 12.8. The summed E-state index contributed by atoms with van der Waals surface area (Å²) in [5, 5.41) is 12.7. The van der Waals surface area contributed by atoms with Crippen LogP contribution in [0.3, 0.4) is 0 Å². The van der Waals surface area contributed by atoms with E-state index in [1.807, 2.05) is 24.3 Å². The zero-order valence-corrected chi connectivity index (χ0v) is 20.7. The molecule has 3 fully saturated rings.